The van der Waals surface area contributed by atoms with Crippen LogP contribution in [0.1, 0.15) is 5.56 Å². The maximum absolute atomic E-state index is 11.8. The first-order chi connectivity index (χ1) is 10.7. The SMILES string of the molecule is N#Cc1cccc(NC(=O)C(=O)NCCN2CCOCC2)c1. The average molecular weight is 302 g/mol. The van der Waals surface area contributed by atoms with Crippen molar-refractivity contribution in [1.29, 1.82) is 5.26 Å². The number of nitrogens with one attached hydrogen (secondary N) is 2. The summed E-state index contributed by atoms with van der Waals surface area (Å²) >= 11 is 0. The molecule has 1 aromatic carbocycles. The van der Waals surface area contributed by atoms with E-state index < -0.39 is 11.8 Å². The number of hydrogen-bond donors (Lipinski definition) is 2. The molecule has 0 aromatic heterocycles. The van der Waals surface area contributed by atoms with Gasteiger partial charge in [0.05, 0.1) is 24.8 Å². The highest BCUT2D eigenvalue weighted by Gasteiger charge is 2.15. The Morgan fingerprint density at radius 2 is 2.05 bits per heavy atom. The topological polar surface area (TPSA) is 94.5 Å². The van der Waals surface area contributed by atoms with Gasteiger partial charge in [-0.05, 0) is 18.2 Å². The molecule has 0 radical (unpaired) electrons. The summed E-state index contributed by atoms with van der Waals surface area (Å²) in [5.74, 6) is -1.42. The summed E-state index contributed by atoms with van der Waals surface area (Å²) in [7, 11) is 0. The van der Waals surface area contributed by atoms with Crippen LogP contribution in [0.15, 0.2) is 24.3 Å². The van der Waals surface area contributed by atoms with Crippen molar-refractivity contribution in [2.45, 2.75) is 0 Å². The summed E-state index contributed by atoms with van der Waals surface area (Å²) in [5.41, 5.74) is 0.845. The number of carbonyl (C=O) groups excluding carboxylic acids is 2. The Balaban J connectivity index is 1.74. The van der Waals surface area contributed by atoms with E-state index in [1.54, 1.807) is 18.2 Å². The largest absolute Gasteiger partial charge is 0.379 e. The van der Waals surface area contributed by atoms with Crippen LogP contribution in [-0.2, 0) is 14.3 Å². The molecule has 1 fully saturated rings. The van der Waals surface area contributed by atoms with Gasteiger partial charge in [-0.2, -0.15) is 5.26 Å². The van der Waals surface area contributed by atoms with E-state index >= 15 is 0 Å². The minimum Gasteiger partial charge on any atom is -0.379 e. The summed E-state index contributed by atoms with van der Waals surface area (Å²) in [6.45, 7) is 4.16. The van der Waals surface area contributed by atoms with Crippen LogP contribution in [0.5, 0.6) is 0 Å². The van der Waals surface area contributed by atoms with Gasteiger partial charge in [-0.25, -0.2) is 0 Å². The molecule has 0 unspecified atom stereocenters. The second-order valence-electron chi connectivity index (χ2n) is 4.86. The van der Waals surface area contributed by atoms with Crippen LogP contribution in [-0.4, -0.2) is 56.1 Å². The van der Waals surface area contributed by atoms with Crippen molar-refractivity contribution in [2.24, 2.45) is 0 Å². The highest BCUT2D eigenvalue weighted by Crippen LogP contribution is 2.09. The van der Waals surface area contributed by atoms with Crippen LogP contribution in [0.4, 0.5) is 5.69 Å². The Bertz CT molecular complexity index is 576. The predicted octanol–water partition coefficient (Wildman–Crippen LogP) is -0.0548. The van der Waals surface area contributed by atoms with Crippen molar-refractivity contribution in [3.05, 3.63) is 29.8 Å². The van der Waals surface area contributed by atoms with Gasteiger partial charge in [-0.3, -0.25) is 14.5 Å². The quantitative estimate of drug-likeness (QED) is 0.760. The van der Waals surface area contributed by atoms with Crippen LogP contribution in [0.2, 0.25) is 0 Å². The van der Waals surface area contributed by atoms with Gasteiger partial charge in [-0.15, -0.1) is 0 Å². The van der Waals surface area contributed by atoms with E-state index in [4.69, 9.17) is 10.00 Å². The molecule has 0 bridgehead atoms. The molecule has 0 saturated carbocycles. The monoisotopic (exact) mass is 302 g/mol. The summed E-state index contributed by atoms with van der Waals surface area (Å²) < 4.78 is 5.23. The molecule has 0 aliphatic carbocycles. The Morgan fingerprint density at radius 3 is 2.77 bits per heavy atom. The summed E-state index contributed by atoms with van der Waals surface area (Å²) in [5, 5.41) is 13.8. The molecule has 116 valence electrons. The van der Waals surface area contributed by atoms with Crippen molar-refractivity contribution in [3.8, 4) is 6.07 Å². The molecule has 7 nitrogen and oxygen atoms in total. The lowest BCUT2D eigenvalue weighted by Crippen LogP contribution is -2.43. The van der Waals surface area contributed by atoms with E-state index in [-0.39, 0.29) is 0 Å². The van der Waals surface area contributed by atoms with Gasteiger partial charge in [0.15, 0.2) is 0 Å². The van der Waals surface area contributed by atoms with Gasteiger partial charge in [0.2, 0.25) is 0 Å². The van der Waals surface area contributed by atoms with Gasteiger partial charge in [0.1, 0.15) is 0 Å². The Morgan fingerprint density at radius 1 is 1.27 bits per heavy atom. The number of anilines is 1. The minimum absolute atomic E-state index is 0.407. The van der Waals surface area contributed by atoms with Gasteiger partial charge in [0.25, 0.3) is 0 Å². The number of amides is 2. The summed E-state index contributed by atoms with van der Waals surface area (Å²) in [6, 6.07) is 8.38. The fourth-order valence-corrected chi connectivity index (χ4v) is 2.09. The third-order valence-electron chi connectivity index (χ3n) is 3.27. The molecular formula is C15H18N4O3. The van der Waals surface area contributed by atoms with E-state index in [1.165, 1.54) is 6.07 Å². The normalized spacial score (nSPS) is 14.9. The molecule has 1 aliphatic heterocycles. The van der Waals surface area contributed by atoms with E-state index in [2.05, 4.69) is 15.5 Å². The number of rotatable bonds is 4. The zero-order chi connectivity index (χ0) is 15.8. The molecule has 1 saturated heterocycles. The van der Waals surface area contributed by atoms with E-state index in [0.29, 0.717) is 37.6 Å². The van der Waals surface area contributed by atoms with E-state index in [9.17, 15) is 9.59 Å². The molecule has 1 aromatic rings. The number of nitriles is 1. The van der Waals surface area contributed by atoms with Crippen molar-refractivity contribution >= 4 is 17.5 Å². The fourth-order valence-electron chi connectivity index (χ4n) is 2.09. The van der Waals surface area contributed by atoms with Crippen LogP contribution in [0.3, 0.4) is 0 Å². The van der Waals surface area contributed by atoms with Gasteiger partial charge < -0.3 is 15.4 Å². The van der Waals surface area contributed by atoms with Crippen LogP contribution in [0, 0.1) is 11.3 Å². The van der Waals surface area contributed by atoms with E-state index in [1.807, 2.05) is 6.07 Å². The Kier molecular flexibility index (Phi) is 5.89. The van der Waals surface area contributed by atoms with Gasteiger partial charge in [0, 0.05) is 31.9 Å². The second kappa shape index (κ2) is 8.12. The second-order valence-corrected chi connectivity index (χ2v) is 4.86. The first kappa shape index (κ1) is 15.9. The number of nitrogens with zero attached hydrogens (tertiary/aromatic N) is 2. The third-order valence-corrected chi connectivity index (χ3v) is 3.27. The molecule has 0 spiro atoms. The number of benzene rings is 1. The molecule has 0 atom stereocenters. The maximum Gasteiger partial charge on any atom is 0.313 e. The maximum atomic E-state index is 11.8. The first-order valence-corrected chi connectivity index (χ1v) is 7.08. The lowest BCUT2D eigenvalue weighted by atomic mass is 10.2. The Labute approximate surface area is 128 Å². The standard InChI is InChI=1S/C15H18N4O3/c16-11-12-2-1-3-13(10-12)18-15(21)14(20)17-4-5-19-6-8-22-9-7-19/h1-3,10H,4-9H2,(H,17,20)(H,18,21). The number of ether oxygens (including phenoxy) is 1. The van der Waals surface area contributed by atoms with Gasteiger partial charge >= 0.3 is 11.8 Å². The highest BCUT2D eigenvalue weighted by atomic mass is 16.5. The zero-order valence-corrected chi connectivity index (χ0v) is 12.2. The molecule has 2 rings (SSSR count). The summed E-state index contributed by atoms with van der Waals surface area (Å²) in [4.78, 5) is 25.6. The molecule has 7 heteroatoms. The van der Waals surface area contributed by atoms with Crippen molar-refractivity contribution in [2.75, 3.05) is 44.7 Å². The average Bonchev–Trinajstić information content (AvgIpc) is 2.56. The minimum atomic E-state index is -0.739. The molecule has 22 heavy (non-hydrogen) atoms. The molecule has 2 N–H and O–H groups in total. The van der Waals surface area contributed by atoms with Crippen molar-refractivity contribution in [1.82, 2.24) is 10.2 Å². The number of morpholine rings is 1. The van der Waals surface area contributed by atoms with Crippen LogP contribution >= 0.6 is 0 Å². The van der Waals surface area contributed by atoms with Gasteiger partial charge in [-0.1, -0.05) is 6.07 Å². The molecule has 1 aliphatic rings. The molecule has 2 amide bonds. The molecular weight excluding hydrogens is 284 g/mol. The predicted molar refractivity (Wildman–Crippen MR) is 80.1 cm³/mol. The molecule has 1 heterocycles. The van der Waals surface area contributed by atoms with Crippen molar-refractivity contribution < 1.29 is 14.3 Å². The van der Waals surface area contributed by atoms with Crippen molar-refractivity contribution in [3.63, 3.8) is 0 Å². The third kappa shape index (κ3) is 4.84. The number of carbonyl (C=O) groups is 2. The van der Waals surface area contributed by atoms with E-state index in [0.717, 1.165) is 13.1 Å². The summed E-state index contributed by atoms with van der Waals surface area (Å²) in [6.07, 6.45) is 0. The van der Waals surface area contributed by atoms with Crippen LogP contribution in [0.25, 0.3) is 0 Å². The van der Waals surface area contributed by atoms with Crippen LogP contribution < -0.4 is 10.6 Å². The first-order valence-electron chi connectivity index (χ1n) is 7.08. The highest BCUT2D eigenvalue weighted by molar-refractivity contribution is 6.39. The fraction of sp³-hybridized carbons (Fsp3) is 0.400. The lowest BCUT2D eigenvalue weighted by molar-refractivity contribution is -0.136. The lowest BCUT2D eigenvalue weighted by Gasteiger charge is -2.26. The number of hydrogen-bond acceptors (Lipinski definition) is 5. The smallest absolute Gasteiger partial charge is 0.313 e. The Hall–Kier alpha value is -2.43. The zero-order valence-electron chi connectivity index (χ0n) is 12.2.